The molecular formula is C7H14F3NOS. The number of rotatable bonds is 2. The van der Waals surface area contributed by atoms with Crippen LogP contribution in [0, 0.1) is 0 Å². The molecule has 0 aromatic rings. The van der Waals surface area contributed by atoms with Gasteiger partial charge in [-0.2, -0.15) is 13.2 Å². The van der Waals surface area contributed by atoms with Crippen LogP contribution in [0.3, 0.4) is 0 Å². The SMILES string of the molecule is C[C@@H](N[S+]([O-])C(C)(C)C)C(F)(F)F. The van der Waals surface area contributed by atoms with Gasteiger partial charge in [-0.05, 0) is 27.7 Å². The number of hydrogen-bond acceptors (Lipinski definition) is 2. The highest BCUT2D eigenvalue weighted by Gasteiger charge is 2.41. The summed E-state index contributed by atoms with van der Waals surface area (Å²) < 4.78 is 48.5. The Morgan fingerprint density at radius 1 is 1.23 bits per heavy atom. The molecule has 2 nitrogen and oxygen atoms in total. The zero-order chi connectivity index (χ0) is 10.9. The van der Waals surface area contributed by atoms with Crippen LogP contribution < -0.4 is 4.72 Å². The normalized spacial score (nSPS) is 18.5. The van der Waals surface area contributed by atoms with E-state index in [0.717, 1.165) is 6.92 Å². The second-order valence-corrected chi connectivity index (χ2v) is 5.76. The van der Waals surface area contributed by atoms with E-state index in [1.807, 2.05) is 4.72 Å². The summed E-state index contributed by atoms with van der Waals surface area (Å²) in [4.78, 5) is 0. The number of halogens is 3. The van der Waals surface area contributed by atoms with Crippen molar-refractivity contribution in [3.05, 3.63) is 0 Å². The molecule has 0 aromatic heterocycles. The van der Waals surface area contributed by atoms with Gasteiger partial charge in [-0.3, -0.25) is 0 Å². The van der Waals surface area contributed by atoms with Gasteiger partial charge in [0.05, 0.1) is 0 Å². The average Bonchev–Trinajstić information content (AvgIpc) is 1.82. The molecule has 1 N–H and O–H groups in total. The monoisotopic (exact) mass is 217 g/mol. The van der Waals surface area contributed by atoms with Crippen LogP contribution in [-0.2, 0) is 11.4 Å². The Balaban J connectivity index is 4.15. The third-order valence-electron chi connectivity index (χ3n) is 1.33. The summed E-state index contributed by atoms with van der Waals surface area (Å²) in [5, 5.41) is 0. The molecule has 0 spiro atoms. The van der Waals surface area contributed by atoms with E-state index < -0.39 is 28.3 Å². The van der Waals surface area contributed by atoms with Crippen LogP contribution in [-0.4, -0.2) is 21.5 Å². The molecular weight excluding hydrogens is 203 g/mol. The maximum atomic E-state index is 12.0. The van der Waals surface area contributed by atoms with Gasteiger partial charge in [-0.25, -0.2) is 0 Å². The van der Waals surface area contributed by atoms with Crippen LogP contribution in [0.1, 0.15) is 27.7 Å². The summed E-state index contributed by atoms with van der Waals surface area (Å²) in [6.45, 7) is 5.78. The van der Waals surface area contributed by atoms with Crippen molar-refractivity contribution in [3.8, 4) is 0 Å². The molecule has 0 aliphatic carbocycles. The summed E-state index contributed by atoms with van der Waals surface area (Å²) in [6, 6.07) is -1.74. The van der Waals surface area contributed by atoms with Crippen LogP contribution in [0.2, 0.25) is 0 Å². The van der Waals surface area contributed by atoms with E-state index in [-0.39, 0.29) is 0 Å². The highest BCUT2D eigenvalue weighted by molar-refractivity contribution is 7.90. The fraction of sp³-hybridized carbons (Fsp3) is 1.00. The largest absolute Gasteiger partial charge is 0.598 e. The van der Waals surface area contributed by atoms with Crippen molar-refractivity contribution < 1.29 is 17.7 Å². The summed E-state index contributed by atoms with van der Waals surface area (Å²) in [5.41, 5.74) is 0. The lowest BCUT2D eigenvalue weighted by molar-refractivity contribution is -0.147. The van der Waals surface area contributed by atoms with Crippen molar-refractivity contribution in [2.24, 2.45) is 0 Å². The Labute approximate surface area is 79.2 Å². The maximum absolute atomic E-state index is 12.0. The summed E-state index contributed by atoms with van der Waals surface area (Å²) in [6.07, 6.45) is -4.35. The topological polar surface area (TPSA) is 35.1 Å². The summed E-state index contributed by atoms with van der Waals surface area (Å²) in [7, 11) is 0. The third kappa shape index (κ3) is 4.73. The number of nitrogens with one attached hydrogen (secondary N) is 1. The first-order chi connectivity index (χ1) is 5.55. The Hall–Kier alpha value is 0.0600. The van der Waals surface area contributed by atoms with Crippen molar-refractivity contribution in [1.29, 1.82) is 0 Å². The number of hydrogen-bond donors (Lipinski definition) is 1. The first kappa shape index (κ1) is 13.1. The molecule has 2 atom stereocenters. The lowest BCUT2D eigenvalue weighted by Crippen LogP contribution is -2.49. The Morgan fingerprint density at radius 3 is 1.85 bits per heavy atom. The van der Waals surface area contributed by atoms with E-state index in [0.29, 0.717) is 0 Å². The summed E-state index contributed by atoms with van der Waals surface area (Å²) >= 11 is -1.68. The highest BCUT2D eigenvalue weighted by Crippen LogP contribution is 2.22. The van der Waals surface area contributed by atoms with Crippen molar-refractivity contribution in [2.75, 3.05) is 0 Å². The van der Waals surface area contributed by atoms with Crippen LogP contribution in [0.4, 0.5) is 13.2 Å². The van der Waals surface area contributed by atoms with Gasteiger partial charge in [0.2, 0.25) is 0 Å². The molecule has 0 aliphatic heterocycles. The minimum absolute atomic E-state index is 0.681. The molecule has 0 rings (SSSR count). The highest BCUT2D eigenvalue weighted by atomic mass is 32.2. The van der Waals surface area contributed by atoms with Crippen LogP contribution in [0.5, 0.6) is 0 Å². The molecule has 6 heteroatoms. The van der Waals surface area contributed by atoms with Crippen LogP contribution >= 0.6 is 0 Å². The minimum Gasteiger partial charge on any atom is -0.598 e. The lowest BCUT2D eigenvalue weighted by atomic mass is 10.3. The standard InChI is InChI=1S/C7H14F3NOS/c1-5(7(8,9)10)11-13(12)6(2,3)4/h5,11H,1-4H3/t5-,13?/m1/s1. The zero-order valence-electron chi connectivity index (χ0n) is 8.03. The minimum atomic E-state index is -4.35. The van der Waals surface area contributed by atoms with E-state index in [4.69, 9.17) is 0 Å². The van der Waals surface area contributed by atoms with Gasteiger partial charge in [-0.15, -0.1) is 4.72 Å². The summed E-state index contributed by atoms with van der Waals surface area (Å²) in [5.74, 6) is 0. The molecule has 1 unspecified atom stereocenters. The molecule has 0 saturated carbocycles. The van der Waals surface area contributed by atoms with Gasteiger partial charge in [0.15, 0.2) is 0 Å². The second kappa shape index (κ2) is 4.06. The van der Waals surface area contributed by atoms with Gasteiger partial charge in [0.25, 0.3) is 0 Å². The van der Waals surface area contributed by atoms with E-state index in [2.05, 4.69) is 0 Å². The average molecular weight is 217 g/mol. The maximum Gasteiger partial charge on any atom is 0.407 e. The van der Waals surface area contributed by atoms with Crippen LogP contribution in [0.25, 0.3) is 0 Å². The van der Waals surface area contributed by atoms with Crippen molar-refractivity contribution in [2.45, 2.75) is 44.7 Å². The molecule has 0 fully saturated rings. The molecule has 0 aromatic carbocycles. The second-order valence-electron chi connectivity index (χ2n) is 3.76. The lowest BCUT2D eigenvalue weighted by Gasteiger charge is -2.27. The molecule has 0 heterocycles. The quantitative estimate of drug-likeness (QED) is 0.718. The Morgan fingerprint density at radius 2 is 1.62 bits per heavy atom. The van der Waals surface area contributed by atoms with Crippen molar-refractivity contribution in [3.63, 3.8) is 0 Å². The van der Waals surface area contributed by atoms with Crippen molar-refractivity contribution >= 4 is 11.4 Å². The molecule has 0 amide bonds. The Kier molecular flexibility index (Phi) is 4.08. The predicted molar refractivity (Wildman–Crippen MR) is 46.5 cm³/mol. The smallest absolute Gasteiger partial charge is 0.407 e. The van der Waals surface area contributed by atoms with E-state index in [9.17, 15) is 17.7 Å². The Bertz CT molecular complexity index is 148. The van der Waals surface area contributed by atoms with E-state index in [1.54, 1.807) is 20.8 Å². The van der Waals surface area contributed by atoms with Gasteiger partial charge in [0.1, 0.15) is 10.8 Å². The van der Waals surface area contributed by atoms with Gasteiger partial charge in [0, 0.05) is 11.4 Å². The third-order valence-corrected chi connectivity index (χ3v) is 3.01. The van der Waals surface area contributed by atoms with Crippen molar-refractivity contribution in [1.82, 2.24) is 4.72 Å². The van der Waals surface area contributed by atoms with E-state index in [1.165, 1.54) is 0 Å². The predicted octanol–water partition coefficient (Wildman–Crippen LogP) is 1.99. The zero-order valence-corrected chi connectivity index (χ0v) is 8.84. The molecule has 0 aliphatic rings. The van der Waals surface area contributed by atoms with Crippen LogP contribution in [0.15, 0.2) is 0 Å². The fourth-order valence-corrected chi connectivity index (χ4v) is 1.21. The molecule has 80 valence electrons. The fourth-order valence-electron chi connectivity index (χ4n) is 0.404. The number of alkyl halides is 3. The molecule has 13 heavy (non-hydrogen) atoms. The molecule has 0 saturated heterocycles. The molecule has 0 bridgehead atoms. The first-order valence-corrected chi connectivity index (χ1v) is 4.95. The molecule has 0 radical (unpaired) electrons. The van der Waals surface area contributed by atoms with Gasteiger partial charge < -0.3 is 4.55 Å². The first-order valence-electron chi connectivity index (χ1n) is 3.80. The van der Waals surface area contributed by atoms with Gasteiger partial charge >= 0.3 is 6.18 Å². The van der Waals surface area contributed by atoms with Gasteiger partial charge in [-0.1, -0.05) is 0 Å². The van der Waals surface area contributed by atoms with E-state index >= 15 is 0 Å².